The van der Waals surface area contributed by atoms with Crippen LogP contribution in [0.25, 0.3) is 0 Å². The van der Waals surface area contributed by atoms with Crippen molar-refractivity contribution in [3.05, 3.63) is 51.7 Å². The van der Waals surface area contributed by atoms with E-state index in [1.165, 1.54) is 11.3 Å². The van der Waals surface area contributed by atoms with E-state index in [2.05, 4.69) is 11.2 Å². The molecule has 106 valence electrons. The molecule has 2 rings (SSSR count). The number of aryl methyl sites for hydroxylation is 1. The smallest absolute Gasteiger partial charge is 0.224 e. The van der Waals surface area contributed by atoms with E-state index in [9.17, 15) is 9.59 Å². The lowest BCUT2D eigenvalue weighted by Gasteiger charge is -2.05. The van der Waals surface area contributed by atoms with E-state index in [0.717, 1.165) is 4.88 Å². The first-order valence-electron chi connectivity index (χ1n) is 6.54. The van der Waals surface area contributed by atoms with Crippen LogP contribution < -0.4 is 5.32 Å². The van der Waals surface area contributed by atoms with E-state index >= 15 is 0 Å². The van der Waals surface area contributed by atoms with E-state index in [0.29, 0.717) is 16.1 Å². The number of hydrogen-bond donors (Lipinski definition) is 1. The first-order chi connectivity index (χ1) is 10.1. The van der Waals surface area contributed by atoms with Crippen molar-refractivity contribution in [3.8, 4) is 12.3 Å². The molecule has 1 aromatic heterocycles. The summed E-state index contributed by atoms with van der Waals surface area (Å²) in [6.07, 6.45) is 5.68. The lowest BCUT2D eigenvalue weighted by molar-refractivity contribution is -0.116. The van der Waals surface area contributed by atoms with Crippen molar-refractivity contribution in [1.29, 1.82) is 0 Å². The Balaban J connectivity index is 1.87. The average molecular weight is 297 g/mol. The van der Waals surface area contributed by atoms with Crippen molar-refractivity contribution < 1.29 is 9.59 Å². The Bertz CT molecular complexity index is 710. The number of nitrogens with one attached hydrogen (secondary N) is 1. The highest BCUT2D eigenvalue weighted by Gasteiger charge is 2.11. The van der Waals surface area contributed by atoms with Crippen LogP contribution in [0.4, 0.5) is 5.69 Å². The number of rotatable bonds is 5. The molecule has 0 fully saturated rings. The number of carbonyl (C=O) groups is 2. The number of amides is 1. The lowest BCUT2D eigenvalue weighted by atomic mass is 10.1. The molecule has 1 heterocycles. The van der Waals surface area contributed by atoms with Gasteiger partial charge < -0.3 is 5.32 Å². The summed E-state index contributed by atoms with van der Waals surface area (Å²) in [5, 5.41) is 2.75. The summed E-state index contributed by atoms with van der Waals surface area (Å²) >= 11 is 1.45. The molecule has 0 aliphatic heterocycles. The molecular formula is C17H15NO2S. The molecule has 0 saturated heterocycles. The van der Waals surface area contributed by atoms with Gasteiger partial charge in [-0.2, -0.15) is 0 Å². The molecule has 3 nitrogen and oxygen atoms in total. The molecule has 0 radical (unpaired) electrons. The molecule has 0 atom stereocenters. The maximum atomic E-state index is 11.9. The van der Waals surface area contributed by atoms with Crippen LogP contribution in [0.2, 0.25) is 0 Å². The Morgan fingerprint density at radius 2 is 2.05 bits per heavy atom. The molecule has 21 heavy (non-hydrogen) atoms. The van der Waals surface area contributed by atoms with Gasteiger partial charge in [0.25, 0.3) is 0 Å². The van der Waals surface area contributed by atoms with Gasteiger partial charge >= 0.3 is 0 Å². The number of hydrogen-bond acceptors (Lipinski definition) is 3. The second-order valence-corrected chi connectivity index (χ2v) is 5.89. The van der Waals surface area contributed by atoms with Crippen LogP contribution in [0.5, 0.6) is 0 Å². The van der Waals surface area contributed by atoms with Gasteiger partial charge in [-0.05, 0) is 37.3 Å². The van der Waals surface area contributed by atoms with E-state index in [-0.39, 0.29) is 24.5 Å². The van der Waals surface area contributed by atoms with Gasteiger partial charge in [-0.15, -0.1) is 17.8 Å². The standard InChI is InChI=1S/C17H15NO2S/c1-3-13-5-4-6-14(11-13)18-17(20)10-8-15(19)16-9-7-12(2)21-16/h1,4-7,9,11H,8,10H2,2H3,(H,18,20). The maximum absolute atomic E-state index is 11.9. The first kappa shape index (κ1) is 15.0. The highest BCUT2D eigenvalue weighted by molar-refractivity contribution is 7.14. The molecule has 0 aliphatic rings. The summed E-state index contributed by atoms with van der Waals surface area (Å²) in [6, 6.07) is 10.8. The minimum Gasteiger partial charge on any atom is -0.326 e. The van der Waals surface area contributed by atoms with Crippen molar-refractivity contribution in [2.45, 2.75) is 19.8 Å². The van der Waals surface area contributed by atoms with Gasteiger partial charge in [0, 0.05) is 29.0 Å². The Labute approximate surface area is 128 Å². The molecular weight excluding hydrogens is 282 g/mol. The SMILES string of the molecule is C#Cc1cccc(NC(=O)CCC(=O)c2ccc(C)s2)c1. The Morgan fingerprint density at radius 3 is 2.71 bits per heavy atom. The van der Waals surface area contributed by atoms with Crippen LogP contribution in [0, 0.1) is 19.3 Å². The van der Waals surface area contributed by atoms with Crippen LogP contribution in [0.3, 0.4) is 0 Å². The van der Waals surface area contributed by atoms with Gasteiger partial charge in [0.05, 0.1) is 4.88 Å². The Kier molecular flexibility index (Phi) is 4.91. The largest absolute Gasteiger partial charge is 0.326 e. The third kappa shape index (κ3) is 4.30. The van der Waals surface area contributed by atoms with Crippen molar-refractivity contribution >= 4 is 28.7 Å². The summed E-state index contributed by atoms with van der Waals surface area (Å²) in [7, 11) is 0. The summed E-state index contributed by atoms with van der Waals surface area (Å²) in [5.74, 6) is 2.32. The molecule has 1 N–H and O–H groups in total. The Hall–Kier alpha value is -2.38. The van der Waals surface area contributed by atoms with Gasteiger partial charge in [-0.3, -0.25) is 9.59 Å². The number of Topliss-reactive ketones (excluding diaryl/α,β-unsaturated/α-hetero) is 1. The number of terminal acetylenes is 1. The number of ketones is 1. The highest BCUT2D eigenvalue weighted by atomic mass is 32.1. The summed E-state index contributed by atoms with van der Waals surface area (Å²) in [4.78, 5) is 25.6. The molecule has 0 bridgehead atoms. The fourth-order valence-electron chi connectivity index (χ4n) is 1.84. The fraction of sp³-hybridized carbons (Fsp3) is 0.176. The first-order valence-corrected chi connectivity index (χ1v) is 7.36. The van der Waals surface area contributed by atoms with E-state index in [1.54, 1.807) is 30.3 Å². The number of thiophene rings is 1. The summed E-state index contributed by atoms with van der Waals surface area (Å²) in [5.41, 5.74) is 1.35. The predicted molar refractivity (Wildman–Crippen MR) is 85.6 cm³/mol. The summed E-state index contributed by atoms with van der Waals surface area (Å²) < 4.78 is 0. The average Bonchev–Trinajstić information content (AvgIpc) is 2.91. The maximum Gasteiger partial charge on any atom is 0.224 e. The zero-order chi connectivity index (χ0) is 15.2. The zero-order valence-electron chi connectivity index (χ0n) is 11.7. The number of benzene rings is 1. The second-order valence-electron chi connectivity index (χ2n) is 4.61. The highest BCUT2D eigenvalue weighted by Crippen LogP contribution is 2.18. The molecule has 1 amide bonds. The van der Waals surface area contributed by atoms with Crippen LogP contribution in [0.1, 0.15) is 33.0 Å². The molecule has 0 saturated carbocycles. The lowest BCUT2D eigenvalue weighted by Crippen LogP contribution is -2.13. The quantitative estimate of drug-likeness (QED) is 0.676. The van der Waals surface area contributed by atoms with Crippen molar-refractivity contribution in [2.24, 2.45) is 0 Å². The van der Waals surface area contributed by atoms with Crippen LogP contribution in [-0.2, 0) is 4.79 Å². The summed E-state index contributed by atoms with van der Waals surface area (Å²) in [6.45, 7) is 1.95. The monoisotopic (exact) mass is 297 g/mol. The Morgan fingerprint density at radius 1 is 1.24 bits per heavy atom. The zero-order valence-corrected chi connectivity index (χ0v) is 12.5. The van der Waals surface area contributed by atoms with E-state index in [4.69, 9.17) is 6.42 Å². The van der Waals surface area contributed by atoms with E-state index < -0.39 is 0 Å². The van der Waals surface area contributed by atoms with Gasteiger partial charge in [0.1, 0.15) is 0 Å². The normalized spacial score (nSPS) is 9.90. The van der Waals surface area contributed by atoms with E-state index in [1.807, 2.05) is 13.0 Å². The van der Waals surface area contributed by atoms with Crippen LogP contribution in [0.15, 0.2) is 36.4 Å². The van der Waals surface area contributed by atoms with Gasteiger partial charge in [-0.25, -0.2) is 0 Å². The predicted octanol–water partition coefficient (Wildman–Crippen LogP) is 3.64. The number of anilines is 1. The van der Waals surface area contributed by atoms with Gasteiger partial charge in [0.2, 0.25) is 5.91 Å². The molecule has 4 heteroatoms. The van der Waals surface area contributed by atoms with Crippen molar-refractivity contribution in [2.75, 3.05) is 5.32 Å². The van der Waals surface area contributed by atoms with Gasteiger partial charge in [0.15, 0.2) is 5.78 Å². The topological polar surface area (TPSA) is 46.2 Å². The molecule has 2 aromatic rings. The fourth-order valence-corrected chi connectivity index (χ4v) is 2.68. The molecule has 0 aliphatic carbocycles. The van der Waals surface area contributed by atoms with Crippen molar-refractivity contribution in [1.82, 2.24) is 0 Å². The third-order valence-corrected chi connectivity index (χ3v) is 3.95. The van der Waals surface area contributed by atoms with Gasteiger partial charge in [-0.1, -0.05) is 12.0 Å². The molecule has 0 spiro atoms. The van der Waals surface area contributed by atoms with Crippen LogP contribution >= 0.6 is 11.3 Å². The minimum atomic E-state index is -0.189. The minimum absolute atomic E-state index is 0.000579. The second kappa shape index (κ2) is 6.87. The third-order valence-electron chi connectivity index (χ3n) is 2.91. The van der Waals surface area contributed by atoms with Crippen LogP contribution in [-0.4, -0.2) is 11.7 Å². The van der Waals surface area contributed by atoms with Crippen molar-refractivity contribution in [3.63, 3.8) is 0 Å². The number of carbonyl (C=O) groups excluding carboxylic acids is 2. The molecule has 1 aromatic carbocycles. The molecule has 0 unspecified atom stereocenters.